The van der Waals surface area contributed by atoms with Gasteiger partial charge in [0.25, 0.3) is 0 Å². The average Bonchev–Trinajstić information content (AvgIpc) is 2.37. The number of esters is 1. The van der Waals surface area contributed by atoms with Gasteiger partial charge in [-0.25, -0.2) is 0 Å². The molecule has 1 aliphatic rings. The van der Waals surface area contributed by atoms with E-state index in [1.807, 2.05) is 6.92 Å². The monoisotopic (exact) mass is 242 g/mol. The minimum atomic E-state index is -0.128. The van der Waals surface area contributed by atoms with Gasteiger partial charge in [0.05, 0.1) is 13.0 Å². The third-order valence-corrected chi connectivity index (χ3v) is 3.90. The van der Waals surface area contributed by atoms with Crippen LogP contribution in [0.25, 0.3) is 0 Å². The fourth-order valence-corrected chi connectivity index (χ4v) is 2.89. The quantitative estimate of drug-likeness (QED) is 0.737. The van der Waals surface area contributed by atoms with Gasteiger partial charge in [-0.2, -0.15) is 0 Å². The van der Waals surface area contributed by atoms with Crippen molar-refractivity contribution in [2.45, 2.75) is 38.6 Å². The van der Waals surface area contributed by atoms with Crippen molar-refractivity contribution < 1.29 is 9.53 Å². The van der Waals surface area contributed by atoms with E-state index in [2.05, 4.69) is 11.9 Å². The summed E-state index contributed by atoms with van der Waals surface area (Å²) in [6.07, 6.45) is 4.99. The van der Waals surface area contributed by atoms with Crippen LogP contribution in [0.1, 0.15) is 32.6 Å². The summed E-state index contributed by atoms with van der Waals surface area (Å²) in [6.45, 7) is 3.43. The molecule has 17 heavy (non-hydrogen) atoms. The molecule has 1 fully saturated rings. The minimum absolute atomic E-state index is 0.0645. The maximum atomic E-state index is 11.4. The van der Waals surface area contributed by atoms with E-state index < -0.39 is 0 Å². The van der Waals surface area contributed by atoms with Crippen LogP contribution in [0.15, 0.2) is 0 Å². The first-order valence-electron chi connectivity index (χ1n) is 6.58. The van der Waals surface area contributed by atoms with Crippen LogP contribution in [-0.4, -0.2) is 44.2 Å². The molecule has 3 unspecified atom stereocenters. The Balaban J connectivity index is 2.49. The lowest BCUT2D eigenvalue weighted by molar-refractivity contribution is -0.145. The van der Waals surface area contributed by atoms with Gasteiger partial charge in [0.1, 0.15) is 0 Å². The van der Waals surface area contributed by atoms with E-state index in [-0.39, 0.29) is 11.9 Å². The zero-order valence-electron chi connectivity index (χ0n) is 11.3. The van der Waals surface area contributed by atoms with E-state index in [1.165, 1.54) is 32.8 Å². The highest BCUT2D eigenvalue weighted by atomic mass is 16.5. The van der Waals surface area contributed by atoms with Crippen molar-refractivity contribution in [3.8, 4) is 0 Å². The van der Waals surface area contributed by atoms with Gasteiger partial charge >= 0.3 is 5.97 Å². The van der Waals surface area contributed by atoms with Crippen LogP contribution in [0.5, 0.6) is 0 Å². The molecule has 100 valence electrons. The molecule has 0 heterocycles. The molecule has 4 nitrogen and oxygen atoms in total. The number of ether oxygens (including phenoxy) is 1. The van der Waals surface area contributed by atoms with Gasteiger partial charge in [0, 0.05) is 12.6 Å². The summed E-state index contributed by atoms with van der Waals surface area (Å²) < 4.78 is 4.76. The SMILES string of the molecule is COC(=O)C(C)CN(C)C1CCCCC1CN. The predicted molar refractivity (Wildman–Crippen MR) is 68.6 cm³/mol. The summed E-state index contributed by atoms with van der Waals surface area (Å²) in [5, 5.41) is 0. The number of carbonyl (C=O) groups excluding carboxylic acids is 1. The molecule has 0 bridgehead atoms. The summed E-state index contributed by atoms with van der Waals surface area (Å²) in [4.78, 5) is 13.7. The number of rotatable bonds is 5. The topological polar surface area (TPSA) is 55.6 Å². The molecular formula is C13H26N2O2. The van der Waals surface area contributed by atoms with E-state index in [4.69, 9.17) is 10.5 Å². The van der Waals surface area contributed by atoms with Crippen molar-refractivity contribution in [2.24, 2.45) is 17.6 Å². The van der Waals surface area contributed by atoms with Gasteiger partial charge in [0.2, 0.25) is 0 Å². The molecule has 0 saturated heterocycles. The summed E-state index contributed by atoms with van der Waals surface area (Å²) in [5.74, 6) is 0.390. The van der Waals surface area contributed by atoms with Crippen molar-refractivity contribution in [3.63, 3.8) is 0 Å². The van der Waals surface area contributed by atoms with Crippen molar-refractivity contribution in [1.82, 2.24) is 4.90 Å². The number of methoxy groups -OCH3 is 1. The lowest BCUT2D eigenvalue weighted by Crippen LogP contribution is -2.45. The molecule has 4 heteroatoms. The largest absolute Gasteiger partial charge is 0.469 e. The Morgan fingerprint density at radius 3 is 2.71 bits per heavy atom. The molecule has 2 N–H and O–H groups in total. The first-order valence-corrected chi connectivity index (χ1v) is 6.58. The van der Waals surface area contributed by atoms with Crippen LogP contribution in [-0.2, 0) is 9.53 Å². The van der Waals surface area contributed by atoms with Gasteiger partial charge < -0.3 is 15.4 Å². The van der Waals surface area contributed by atoms with Crippen molar-refractivity contribution in [2.75, 3.05) is 27.2 Å². The predicted octanol–water partition coefficient (Wildman–Crippen LogP) is 1.24. The van der Waals surface area contributed by atoms with Gasteiger partial charge in [-0.15, -0.1) is 0 Å². The Morgan fingerprint density at radius 2 is 2.12 bits per heavy atom. The number of nitrogens with two attached hydrogens (primary N) is 1. The zero-order chi connectivity index (χ0) is 12.8. The summed E-state index contributed by atoms with van der Waals surface area (Å²) >= 11 is 0. The van der Waals surface area contributed by atoms with E-state index >= 15 is 0 Å². The molecule has 0 radical (unpaired) electrons. The second kappa shape index (κ2) is 6.97. The molecule has 0 amide bonds. The van der Waals surface area contributed by atoms with Crippen molar-refractivity contribution in [3.05, 3.63) is 0 Å². The highest BCUT2D eigenvalue weighted by Gasteiger charge is 2.29. The number of hydrogen-bond donors (Lipinski definition) is 1. The lowest BCUT2D eigenvalue weighted by Gasteiger charge is -2.38. The highest BCUT2D eigenvalue weighted by molar-refractivity contribution is 5.72. The van der Waals surface area contributed by atoms with Gasteiger partial charge in [-0.1, -0.05) is 19.8 Å². The molecule has 0 aromatic heterocycles. The Hall–Kier alpha value is -0.610. The molecule has 1 rings (SSSR count). The average molecular weight is 242 g/mol. The summed E-state index contributed by atoms with van der Waals surface area (Å²) in [5.41, 5.74) is 5.83. The zero-order valence-corrected chi connectivity index (χ0v) is 11.3. The van der Waals surface area contributed by atoms with Crippen LogP contribution in [0.4, 0.5) is 0 Å². The smallest absolute Gasteiger partial charge is 0.309 e. The van der Waals surface area contributed by atoms with Crippen LogP contribution >= 0.6 is 0 Å². The fraction of sp³-hybridized carbons (Fsp3) is 0.923. The van der Waals surface area contributed by atoms with Gasteiger partial charge in [-0.05, 0) is 32.4 Å². The van der Waals surface area contributed by atoms with E-state index in [0.29, 0.717) is 12.0 Å². The molecule has 1 saturated carbocycles. The van der Waals surface area contributed by atoms with Crippen molar-refractivity contribution in [1.29, 1.82) is 0 Å². The van der Waals surface area contributed by atoms with E-state index in [0.717, 1.165) is 13.1 Å². The molecule has 0 aromatic carbocycles. The Bertz CT molecular complexity index is 246. The highest BCUT2D eigenvalue weighted by Crippen LogP contribution is 2.27. The van der Waals surface area contributed by atoms with Crippen LogP contribution in [0, 0.1) is 11.8 Å². The third kappa shape index (κ3) is 3.96. The molecule has 3 atom stereocenters. The number of nitrogens with zero attached hydrogens (tertiary/aromatic N) is 1. The Kier molecular flexibility index (Phi) is 5.92. The standard InChI is InChI=1S/C13H26N2O2/c1-10(13(16)17-3)9-15(2)12-7-5-4-6-11(12)8-14/h10-12H,4-9,14H2,1-3H3. The second-order valence-electron chi connectivity index (χ2n) is 5.21. The minimum Gasteiger partial charge on any atom is -0.469 e. The van der Waals surface area contributed by atoms with Crippen molar-refractivity contribution >= 4 is 5.97 Å². The molecular weight excluding hydrogens is 216 g/mol. The third-order valence-electron chi connectivity index (χ3n) is 3.90. The van der Waals surface area contributed by atoms with Gasteiger partial charge in [-0.3, -0.25) is 4.79 Å². The van der Waals surface area contributed by atoms with Crippen LogP contribution < -0.4 is 5.73 Å². The maximum absolute atomic E-state index is 11.4. The molecule has 0 spiro atoms. The maximum Gasteiger partial charge on any atom is 0.309 e. The summed E-state index contributed by atoms with van der Waals surface area (Å²) in [6, 6.07) is 0.529. The normalized spacial score (nSPS) is 26.9. The summed E-state index contributed by atoms with van der Waals surface area (Å²) in [7, 11) is 3.54. The van der Waals surface area contributed by atoms with Crippen LogP contribution in [0.2, 0.25) is 0 Å². The van der Waals surface area contributed by atoms with Gasteiger partial charge in [0.15, 0.2) is 0 Å². The molecule has 0 aliphatic heterocycles. The molecule has 1 aliphatic carbocycles. The fourth-order valence-electron chi connectivity index (χ4n) is 2.89. The first kappa shape index (κ1) is 14.5. The first-order chi connectivity index (χ1) is 8.10. The van der Waals surface area contributed by atoms with Crippen LogP contribution in [0.3, 0.4) is 0 Å². The number of hydrogen-bond acceptors (Lipinski definition) is 4. The molecule has 0 aromatic rings. The van der Waals surface area contributed by atoms with E-state index in [9.17, 15) is 4.79 Å². The Labute approximate surface area is 104 Å². The second-order valence-corrected chi connectivity index (χ2v) is 5.21. The van der Waals surface area contributed by atoms with E-state index in [1.54, 1.807) is 0 Å². The lowest BCUT2D eigenvalue weighted by atomic mass is 9.83. The number of carbonyl (C=O) groups is 1. The Morgan fingerprint density at radius 1 is 1.47 bits per heavy atom.